The molecule has 2 aromatic rings. The number of esters is 1. The molecular weight excluding hydrogens is 381 g/mol. The topological polar surface area (TPSA) is 94.6 Å². The molecule has 1 aromatic heterocycles. The molecule has 3 rings (SSSR count). The van der Waals surface area contributed by atoms with Crippen molar-refractivity contribution in [2.45, 2.75) is 51.6 Å². The van der Waals surface area contributed by atoms with Gasteiger partial charge in [-0.2, -0.15) is 4.68 Å². The van der Waals surface area contributed by atoms with Crippen molar-refractivity contribution >= 4 is 11.9 Å². The van der Waals surface area contributed by atoms with E-state index in [2.05, 4.69) is 5.10 Å². The van der Waals surface area contributed by atoms with Crippen LogP contribution >= 0.6 is 0 Å². The summed E-state index contributed by atoms with van der Waals surface area (Å²) in [6.45, 7) is 1.61. The zero-order valence-corrected chi connectivity index (χ0v) is 16.3. The summed E-state index contributed by atoms with van der Waals surface area (Å²) in [5.74, 6) is -2.32. The van der Waals surface area contributed by atoms with Crippen LogP contribution in [0.1, 0.15) is 39.0 Å². The van der Waals surface area contributed by atoms with Crippen LogP contribution in [0.15, 0.2) is 33.5 Å². The normalized spacial score (nSPS) is 14.6. The number of rotatable bonds is 7. The fourth-order valence-electron chi connectivity index (χ4n) is 3.54. The Morgan fingerprint density at radius 3 is 2.59 bits per heavy atom. The van der Waals surface area contributed by atoms with Crippen LogP contribution < -0.4 is 5.76 Å². The van der Waals surface area contributed by atoms with Crippen LogP contribution in [0.25, 0.3) is 11.5 Å². The maximum atomic E-state index is 13.0. The minimum atomic E-state index is -0.843. The fraction of sp³-hybridized carbons (Fsp3) is 0.500. The molecule has 0 aliphatic heterocycles. The summed E-state index contributed by atoms with van der Waals surface area (Å²) < 4.78 is 23.8. The lowest BCUT2D eigenvalue weighted by Crippen LogP contribution is -2.43. The Hall–Kier alpha value is -2.97. The number of ether oxygens (including phenoxy) is 1. The predicted molar refractivity (Wildman–Crippen MR) is 101 cm³/mol. The molecule has 1 amide bonds. The van der Waals surface area contributed by atoms with Crippen LogP contribution in [0.5, 0.6) is 0 Å². The number of likely N-dealkylation sites (N-methyl/N-ethyl adjacent to an activating group) is 1. The highest BCUT2D eigenvalue weighted by Crippen LogP contribution is 2.22. The summed E-state index contributed by atoms with van der Waals surface area (Å²) in [4.78, 5) is 38.1. The molecule has 9 heteroatoms. The van der Waals surface area contributed by atoms with Gasteiger partial charge in [0.25, 0.3) is 5.91 Å². The van der Waals surface area contributed by atoms with Gasteiger partial charge in [0.2, 0.25) is 5.89 Å². The molecule has 1 aliphatic rings. The molecular formula is C20H24FN3O5. The number of benzene rings is 1. The average molecular weight is 405 g/mol. The molecule has 29 heavy (non-hydrogen) atoms. The first-order chi connectivity index (χ1) is 14.0. The third-order valence-electron chi connectivity index (χ3n) is 5.01. The summed E-state index contributed by atoms with van der Waals surface area (Å²) in [6, 6.07) is 5.43. The number of carbonyl (C=O) groups is 2. The van der Waals surface area contributed by atoms with Gasteiger partial charge in [0.1, 0.15) is 12.4 Å². The van der Waals surface area contributed by atoms with E-state index in [-0.39, 0.29) is 24.4 Å². The second kappa shape index (κ2) is 9.49. The Bertz CT molecular complexity index is 900. The van der Waals surface area contributed by atoms with Gasteiger partial charge in [-0.05, 0) is 44.0 Å². The lowest BCUT2D eigenvalue weighted by molar-refractivity contribution is -0.154. The monoisotopic (exact) mass is 405 g/mol. The van der Waals surface area contributed by atoms with Crippen molar-refractivity contribution in [3.63, 3.8) is 0 Å². The van der Waals surface area contributed by atoms with Crippen molar-refractivity contribution in [3.05, 3.63) is 40.6 Å². The van der Waals surface area contributed by atoms with E-state index >= 15 is 0 Å². The molecule has 0 unspecified atom stereocenters. The second-order valence-corrected chi connectivity index (χ2v) is 6.97. The van der Waals surface area contributed by atoms with E-state index in [0.717, 1.165) is 30.4 Å². The molecule has 1 aliphatic carbocycles. The van der Waals surface area contributed by atoms with Crippen LogP contribution in [-0.2, 0) is 20.9 Å². The van der Waals surface area contributed by atoms with Crippen molar-refractivity contribution in [1.82, 2.24) is 14.7 Å². The van der Waals surface area contributed by atoms with E-state index in [4.69, 9.17) is 9.15 Å². The van der Waals surface area contributed by atoms with Gasteiger partial charge in [0.15, 0.2) is 6.61 Å². The lowest BCUT2D eigenvalue weighted by Gasteiger charge is -2.33. The highest BCUT2D eigenvalue weighted by molar-refractivity contribution is 5.80. The van der Waals surface area contributed by atoms with E-state index in [1.165, 1.54) is 30.7 Å². The Balaban J connectivity index is 1.56. The van der Waals surface area contributed by atoms with Crippen molar-refractivity contribution in [2.24, 2.45) is 0 Å². The first-order valence-corrected chi connectivity index (χ1v) is 9.77. The maximum Gasteiger partial charge on any atom is 0.437 e. The zero-order valence-electron chi connectivity index (χ0n) is 16.3. The molecule has 0 atom stereocenters. The Kier molecular flexibility index (Phi) is 6.79. The number of nitrogens with zero attached hydrogens (tertiary/aromatic N) is 3. The highest BCUT2D eigenvalue weighted by Gasteiger charge is 2.25. The SMILES string of the molecule is CCN(C(=O)COC(=O)Cn1nc(-c2ccc(F)cc2)oc1=O)C1CCCCC1. The molecule has 0 radical (unpaired) electrons. The highest BCUT2D eigenvalue weighted by atomic mass is 19.1. The van der Waals surface area contributed by atoms with Gasteiger partial charge in [-0.15, -0.1) is 5.10 Å². The van der Waals surface area contributed by atoms with Crippen LogP contribution in [0, 0.1) is 5.82 Å². The van der Waals surface area contributed by atoms with Gasteiger partial charge in [-0.3, -0.25) is 9.59 Å². The van der Waals surface area contributed by atoms with Crippen molar-refractivity contribution in [1.29, 1.82) is 0 Å². The first-order valence-electron chi connectivity index (χ1n) is 9.77. The molecule has 1 heterocycles. The Labute approximate surface area is 167 Å². The minimum Gasteiger partial charge on any atom is -0.454 e. The van der Waals surface area contributed by atoms with E-state index in [9.17, 15) is 18.8 Å². The van der Waals surface area contributed by atoms with Gasteiger partial charge < -0.3 is 14.1 Å². The third kappa shape index (κ3) is 5.30. The zero-order chi connectivity index (χ0) is 20.8. The van der Waals surface area contributed by atoms with Crippen LogP contribution in [0.2, 0.25) is 0 Å². The predicted octanol–water partition coefficient (Wildman–Crippen LogP) is 2.37. The number of halogens is 1. The number of hydrogen-bond acceptors (Lipinski definition) is 6. The van der Waals surface area contributed by atoms with Crippen molar-refractivity contribution in [3.8, 4) is 11.5 Å². The summed E-state index contributed by atoms with van der Waals surface area (Å²) >= 11 is 0. The minimum absolute atomic E-state index is 0.0340. The molecule has 8 nitrogen and oxygen atoms in total. The van der Waals surface area contributed by atoms with Crippen molar-refractivity contribution < 1.29 is 23.1 Å². The van der Waals surface area contributed by atoms with Gasteiger partial charge in [0, 0.05) is 18.2 Å². The van der Waals surface area contributed by atoms with E-state index < -0.39 is 24.1 Å². The van der Waals surface area contributed by atoms with Crippen LogP contribution in [0.3, 0.4) is 0 Å². The summed E-state index contributed by atoms with van der Waals surface area (Å²) in [7, 11) is 0. The lowest BCUT2D eigenvalue weighted by atomic mass is 9.94. The quantitative estimate of drug-likeness (QED) is 0.657. The molecule has 156 valence electrons. The average Bonchev–Trinajstić information content (AvgIpc) is 3.08. The molecule has 0 bridgehead atoms. The first kappa shape index (κ1) is 20.8. The molecule has 1 aromatic carbocycles. The van der Waals surface area contributed by atoms with Crippen LogP contribution in [-0.4, -0.2) is 45.8 Å². The summed E-state index contributed by atoms with van der Waals surface area (Å²) in [5, 5.41) is 3.92. The van der Waals surface area contributed by atoms with E-state index in [0.29, 0.717) is 12.1 Å². The van der Waals surface area contributed by atoms with Gasteiger partial charge in [-0.1, -0.05) is 19.3 Å². The summed E-state index contributed by atoms with van der Waals surface area (Å²) in [5.41, 5.74) is 0.400. The molecule has 0 spiro atoms. The van der Waals surface area contributed by atoms with Gasteiger partial charge >= 0.3 is 11.7 Å². The number of hydrogen-bond donors (Lipinski definition) is 0. The van der Waals surface area contributed by atoms with E-state index in [1.807, 2.05) is 6.92 Å². The standard InChI is InChI=1S/C20H24FN3O5/c1-2-23(16-6-4-3-5-7-16)17(25)13-28-18(26)12-24-20(27)29-19(22-24)14-8-10-15(21)11-9-14/h8-11,16H,2-7,12-13H2,1H3. The summed E-state index contributed by atoms with van der Waals surface area (Å²) in [6.07, 6.45) is 5.31. The molecule has 0 N–H and O–H groups in total. The Morgan fingerprint density at radius 1 is 1.24 bits per heavy atom. The van der Waals surface area contributed by atoms with Crippen LogP contribution in [0.4, 0.5) is 4.39 Å². The molecule has 1 fully saturated rings. The maximum absolute atomic E-state index is 13.0. The number of aromatic nitrogens is 2. The number of amides is 1. The third-order valence-corrected chi connectivity index (χ3v) is 5.01. The largest absolute Gasteiger partial charge is 0.454 e. The number of carbonyl (C=O) groups excluding carboxylic acids is 2. The smallest absolute Gasteiger partial charge is 0.437 e. The van der Waals surface area contributed by atoms with Gasteiger partial charge in [-0.25, -0.2) is 9.18 Å². The molecule has 1 saturated carbocycles. The fourth-order valence-corrected chi connectivity index (χ4v) is 3.54. The molecule has 0 saturated heterocycles. The van der Waals surface area contributed by atoms with Gasteiger partial charge in [0.05, 0.1) is 0 Å². The second-order valence-electron chi connectivity index (χ2n) is 6.97. The van der Waals surface area contributed by atoms with E-state index in [1.54, 1.807) is 4.90 Å². The van der Waals surface area contributed by atoms with Crippen molar-refractivity contribution in [2.75, 3.05) is 13.2 Å². The Morgan fingerprint density at radius 2 is 1.93 bits per heavy atom.